The molecule has 2 aromatic carbocycles. The lowest BCUT2D eigenvalue weighted by Crippen LogP contribution is -2.42. The summed E-state index contributed by atoms with van der Waals surface area (Å²) in [5, 5.41) is 4.80. The normalized spacial score (nSPS) is 11.7. The van der Waals surface area contributed by atoms with E-state index in [1.165, 1.54) is 7.11 Å². The lowest BCUT2D eigenvalue weighted by atomic mass is 10.0. The van der Waals surface area contributed by atoms with Crippen LogP contribution in [0.15, 0.2) is 55.1 Å². The van der Waals surface area contributed by atoms with Crippen LogP contribution in [0, 0.1) is 0 Å². The van der Waals surface area contributed by atoms with Crippen LogP contribution in [0.25, 0.3) is 10.8 Å². The van der Waals surface area contributed by atoms with Crippen molar-refractivity contribution in [1.29, 1.82) is 0 Å². The summed E-state index contributed by atoms with van der Waals surface area (Å²) in [6.07, 6.45) is 1.51. The van der Waals surface area contributed by atoms with Crippen molar-refractivity contribution in [3.8, 4) is 0 Å². The van der Waals surface area contributed by atoms with Crippen molar-refractivity contribution < 1.29 is 14.3 Å². The highest BCUT2D eigenvalue weighted by Crippen LogP contribution is 2.17. The topological polar surface area (TPSA) is 55.4 Å². The zero-order valence-electron chi connectivity index (χ0n) is 11.8. The van der Waals surface area contributed by atoms with Crippen molar-refractivity contribution in [2.24, 2.45) is 0 Å². The number of nitrogens with one attached hydrogen (secondary N) is 1. The van der Waals surface area contributed by atoms with Crippen LogP contribution in [0.1, 0.15) is 5.56 Å². The summed E-state index contributed by atoms with van der Waals surface area (Å²) in [6, 6.07) is 13.2. The average molecular weight is 283 g/mol. The summed E-state index contributed by atoms with van der Waals surface area (Å²) >= 11 is 0. The molecule has 0 radical (unpaired) electrons. The number of rotatable bonds is 5. The van der Waals surface area contributed by atoms with Crippen molar-refractivity contribution in [2.75, 3.05) is 7.11 Å². The van der Waals surface area contributed by atoms with Gasteiger partial charge in [0, 0.05) is 6.42 Å². The van der Waals surface area contributed by atoms with Crippen molar-refractivity contribution in [3.63, 3.8) is 0 Å². The number of hydrogen-bond acceptors (Lipinski definition) is 3. The Morgan fingerprint density at radius 1 is 1.24 bits per heavy atom. The van der Waals surface area contributed by atoms with Gasteiger partial charge in [0.1, 0.15) is 6.04 Å². The van der Waals surface area contributed by atoms with Crippen LogP contribution >= 0.6 is 0 Å². The number of methoxy groups -OCH3 is 1. The summed E-state index contributed by atoms with van der Waals surface area (Å²) in [6.45, 7) is 3.38. The van der Waals surface area contributed by atoms with Gasteiger partial charge in [0.25, 0.3) is 0 Å². The van der Waals surface area contributed by atoms with E-state index in [0.29, 0.717) is 6.42 Å². The van der Waals surface area contributed by atoms with Crippen molar-refractivity contribution in [2.45, 2.75) is 12.5 Å². The predicted octanol–water partition coefficient (Wildman–Crippen LogP) is 2.23. The van der Waals surface area contributed by atoms with Gasteiger partial charge in [-0.25, -0.2) is 4.79 Å². The van der Waals surface area contributed by atoms with E-state index in [9.17, 15) is 9.59 Å². The highest BCUT2D eigenvalue weighted by molar-refractivity contribution is 5.91. The molecule has 0 spiro atoms. The van der Waals surface area contributed by atoms with E-state index in [4.69, 9.17) is 4.74 Å². The second kappa shape index (κ2) is 6.70. The van der Waals surface area contributed by atoms with E-state index in [-0.39, 0.29) is 0 Å². The van der Waals surface area contributed by atoms with Gasteiger partial charge in [-0.2, -0.15) is 0 Å². The third-order valence-corrected chi connectivity index (χ3v) is 3.24. The lowest BCUT2D eigenvalue weighted by molar-refractivity contribution is -0.144. The SMILES string of the molecule is C=CC(=O)NC(Cc1ccc2ccccc2c1)C(=O)OC. The molecule has 4 nitrogen and oxygen atoms in total. The maximum Gasteiger partial charge on any atom is 0.328 e. The molecule has 1 amide bonds. The molecule has 0 heterocycles. The molecule has 0 aliphatic heterocycles. The number of carbonyl (C=O) groups excluding carboxylic acids is 2. The van der Waals surface area contributed by atoms with Crippen LogP contribution in [-0.4, -0.2) is 25.0 Å². The smallest absolute Gasteiger partial charge is 0.328 e. The molecule has 4 heteroatoms. The van der Waals surface area contributed by atoms with Crippen molar-refractivity contribution >= 4 is 22.6 Å². The molecule has 0 saturated carbocycles. The summed E-state index contributed by atoms with van der Waals surface area (Å²) in [7, 11) is 1.30. The Kier molecular flexibility index (Phi) is 4.72. The minimum absolute atomic E-state index is 0.372. The van der Waals surface area contributed by atoms with Crippen molar-refractivity contribution in [3.05, 3.63) is 60.7 Å². The zero-order chi connectivity index (χ0) is 15.2. The highest BCUT2D eigenvalue weighted by Gasteiger charge is 2.21. The van der Waals surface area contributed by atoms with Gasteiger partial charge in [-0.15, -0.1) is 0 Å². The van der Waals surface area contributed by atoms with Gasteiger partial charge < -0.3 is 10.1 Å². The standard InChI is InChI=1S/C17H17NO3/c1-3-16(19)18-15(17(20)21-2)11-12-8-9-13-6-4-5-7-14(13)10-12/h3-10,15H,1,11H2,2H3,(H,18,19). The fraction of sp³-hybridized carbons (Fsp3) is 0.176. The summed E-state index contributed by atoms with van der Waals surface area (Å²) in [5.41, 5.74) is 0.952. The molecule has 1 atom stereocenters. The molecule has 2 aromatic rings. The molecule has 21 heavy (non-hydrogen) atoms. The molecule has 108 valence electrons. The van der Waals surface area contributed by atoms with Gasteiger partial charge in [0.15, 0.2) is 0 Å². The number of hydrogen-bond donors (Lipinski definition) is 1. The molecule has 2 rings (SSSR count). The summed E-state index contributed by atoms with van der Waals surface area (Å²) < 4.78 is 4.73. The third kappa shape index (κ3) is 3.69. The second-order valence-electron chi connectivity index (χ2n) is 4.67. The Morgan fingerprint density at radius 3 is 2.62 bits per heavy atom. The molecule has 1 N–H and O–H groups in total. The zero-order valence-corrected chi connectivity index (χ0v) is 11.8. The Bertz CT molecular complexity index is 679. The van der Waals surface area contributed by atoms with E-state index in [2.05, 4.69) is 11.9 Å². The Morgan fingerprint density at radius 2 is 1.95 bits per heavy atom. The minimum Gasteiger partial charge on any atom is -0.467 e. The molecular weight excluding hydrogens is 266 g/mol. The number of carbonyl (C=O) groups is 2. The van der Waals surface area contributed by atoms with Gasteiger partial charge in [-0.05, 0) is 22.4 Å². The first-order valence-corrected chi connectivity index (χ1v) is 6.62. The van der Waals surface area contributed by atoms with Crippen LogP contribution in [0.4, 0.5) is 0 Å². The fourth-order valence-electron chi connectivity index (χ4n) is 2.17. The molecule has 0 aromatic heterocycles. The molecule has 0 aliphatic rings. The maximum atomic E-state index is 11.8. The summed E-state index contributed by atoms with van der Waals surface area (Å²) in [4.78, 5) is 23.2. The number of esters is 1. The van der Waals surface area contributed by atoms with Crippen LogP contribution in [0.5, 0.6) is 0 Å². The lowest BCUT2D eigenvalue weighted by Gasteiger charge is -2.15. The molecule has 0 saturated heterocycles. The van der Waals surface area contributed by atoms with Crippen LogP contribution in [0.2, 0.25) is 0 Å². The molecule has 1 unspecified atom stereocenters. The first-order valence-electron chi connectivity index (χ1n) is 6.62. The summed E-state index contributed by atoms with van der Waals surface area (Å²) in [5.74, 6) is -0.871. The van der Waals surface area contributed by atoms with E-state index < -0.39 is 17.9 Å². The maximum absolute atomic E-state index is 11.8. The monoisotopic (exact) mass is 283 g/mol. The number of fused-ring (bicyclic) bond motifs is 1. The van der Waals surface area contributed by atoms with Crippen molar-refractivity contribution in [1.82, 2.24) is 5.32 Å². The average Bonchev–Trinajstić information content (AvgIpc) is 2.53. The third-order valence-electron chi connectivity index (χ3n) is 3.24. The van der Waals surface area contributed by atoms with E-state index in [0.717, 1.165) is 22.4 Å². The van der Waals surface area contributed by atoms with Gasteiger partial charge in [0.2, 0.25) is 5.91 Å². The van der Waals surface area contributed by atoms with E-state index >= 15 is 0 Å². The second-order valence-corrected chi connectivity index (χ2v) is 4.67. The minimum atomic E-state index is -0.721. The number of ether oxygens (including phenoxy) is 1. The Hall–Kier alpha value is -2.62. The van der Waals surface area contributed by atoms with E-state index in [1.807, 2.05) is 42.5 Å². The van der Waals surface area contributed by atoms with Gasteiger partial charge in [-0.1, -0.05) is 49.0 Å². The largest absolute Gasteiger partial charge is 0.467 e. The van der Waals surface area contributed by atoms with Crippen LogP contribution in [-0.2, 0) is 20.7 Å². The van der Waals surface area contributed by atoms with Gasteiger partial charge >= 0.3 is 5.97 Å². The number of benzene rings is 2. The van der Waals surface area contributed by atoms with Crippen LogP contribution in [0.3, 0.4) is 0 Å². The highest BCUT2D eigenvalue weighted by atomic mass is 16.5. The van der Waals surface area contributed by atoms with Gasteiger partial charge in [0.05, 0.1) is 7.11 Å². The molecule has 0 aliphatic carbocycles. The van der Waals surface area contributed by atoms with Gasteiger partial charge in [-0.3, -0.25) is 4.79 Å². The molecular formula is C17H17NO3. The number of amides is 1. The molecule has 0 fully saturated rings. The first-order chi connectivity index (χ1) is 10.1. The Labute approximate surface area is 123 Å². The molecule has 0 bridgehead atoms. The quantitative estimate of drug-likeness (QED) is 0.676. The van der Waals surface area contributed by atoms with E-state index in [1.54, 1.807) is 0 Å². The fourth-order valence-corrected chi connectivity index (χ4v) is 2.17. The Balaban J connectivity index is 2.22. The predicted molar refractivity (Wildman–Crippen MR) is 81.8 cm³/mol. The van der Waals surface area contributed by atoms with Crippen LogP contribution < -0.4 is 5.32 Å². The first kappa shape index (κ1) is 14.8.